The van der Waals surface area contributed by atoms with Crippen molar-refractivity contribution in [2.24, 2.45) is 7.05 Å². The molecule has 0 unspecified atom stereocenters. The molecule has 2 heterocycles. The number of nitrogens with zero attached hydrogens (tertiary/aromatic N) is 3. The van der Waals surface area contributed by atoms with Gasteiger partial charge in [0.25, 0.3) is 0 Å². The molecule has 28 heavy (non-hydrogen) atoms. The Bertz CT molecular complexity index is 1060. The molecule has 140 valence electrons. The van der Waals surface area contributed by atoms with Crippen LogP contribution in [0.2, 0.25) is 0 Å². The average Bonchev–Trinajstić information content (AvgIpc) is 3.37. The molecule has 1 N–H and O–H groups in total. The van der Waals surface area contributed by atoms with Crippen molar-refractivity contribution in [1.29, 1.82) is 0 Å². The summed E-state index contributed by atoms with van der Waals surface area (Å²) in [6.07, 6.45) is 0. The van der Waals surface area contributed by atoms with E-state index in [4.69, 9.17) is 0 Å². The molecule has 0 radical (unpaired) electrons. The van der Waals surface area contributed by atoms with E-state index in [0.29, 0.717) is 0 Å². The van der Waals surface area contributed by atoms with E-state index >= 15 is 0 Å². The number of anilines is 1. The highest BCUT2D eigenvalue weighted by atomic mass is 32.2. The van der Waals surface area contributed by atoms with Crippen molar-refractivity contribution in [1.82, 2.24) is 14.8 Å². The van der Waals surface area contributed by atoms with Crippen molar-refractivity contribution in [3.05, 3.63) is 72.1 Å². The molecule has 0 bridgehead atoms. The third-order valence-corrected chi connectivity index (χ3v) is 6.07. The minimum atomic E-state index is -0.0712. The zero-order valence-electron chi connectivity index (χ0n) is 15.2. The van der Waals surface area contributed by atoms with Gasteiger partial charge >= 0.3 is 0 Å². The first-order valence-corrected chi connectivity index (χ1v) is 10.6. The molecule has 0 aliphatic carbocycles. The normalized spacial score (nSPS) is 10.8. The zero-order chi connectivity index (χ0) is 19.3. The number of nitrogens with one attached hydrogen (secondary N) is 1. The highest BCUT2D eigenvalue weighted by Gasteiger charge is 2.13. The van der Waals surface area contributed by atoms with Gasteiger partial charge in [-0.25, -0.2) is 0 Å². The summed E-state index contributed by atoms with van der Waals surface area (Å²) in [6.45, 7) is 0. The van der Waals surface area contributed by atoms with Crippen molar-refractivity contribution in [2.75, 3.05) is 11.1 Å². The van der Waals surface area contributed by atoms with Gasteiger partial charge in [0.2, 0.25) is 5.91 Å². The zero-order valence-corrected chi connectivity index (χ0v) is 16.8. The number of thioether (sulfide) groups is 1. The van der Waals surface area contributed by atoms with Gasteiger partial charge in [-0.3, -0.25) is 4.79 Å². The summed E-state index contributed by atoms with van der Waals surface area (Å²) in [5, 5.41) is 14.1. The Labute approximate surface area is 171 Å². The molecule has 0 saturated heterocycles. The molecular formula is C21H18N4OS2. The Hall–Kier alpha value is -2.90. The lowest BCUT2D eigenvalue weighted by atomic mass is 10.1. The van der Waals surface area contributed by atoms with E-state index in [1.807, 2.05) is 71.6 Å². The Balaban J connectivity index is 1.35. The predicted octanol–water partition coefficient (Wildman–Crippen LogP) is 4.94. The molecule has 0 spiro atoms. The van der Waals surface area contributed by atoms with E-state index in [1.54, 1.807) is 11.3 Å². The van der Waals surface area contributed by atoms with Gasteiger partial charge in [-0.05, 0) is 34.7 Å². The summed E-state index contributed by atoms with van der Waals surface area (Å²) in [4.78, 5) is 13.4. The fourth-order valence-electron chi connectivity index (χ4n) is 2.76. The lowest BCUT2D eigenvalue weighted by Gasteiger charge is -2.07. The van der Waals surface area contributed by atoms with E-state index in [-0.39, 0.29) is 11.7 Å². The number of carbonyl (C=O) groups excluding carboxylic acids is 1. The van der Waals surface area contributed by atoms with Crippen LogP contribution in [0, 0.1) is 0 Å². The van der Waals surface area contributed by atoms with Crippen molar-refractivity contribution < 1.29 is 4.79 Å². The second-order valence-corrected chi connectivity index (χ2v) is 8.01. The van der Waals surface area contributed by atoms with Gasteiger partial charge in [0.15, 0.2) is 11.0 Å². The number of benzene rings is 2. The second-order valence-electron chi connectivity index (χ2n) is 6.12. The Morgan fingerprint density at radius 1 is 1.00 bits per heavy atom. The van der Waals surface area contributed by atoms with Crippen LogP contribution in [0.25, 0.3) is 21.8 Å². The molecule has 2 aromatic carbocycles. The maximum absolute atomic E-state index is 12.3. The smallest absolute Gasteiger partial charge is 0.234 e. The minimum absolute atomic E-state index is 0.0712. The van der Waals surface area contributed by atoms with Crippen LogP contribution in [0.15, 0.2) is 77.3 Å². The third kappa shape index (κ3) is 4.16. The molecular weight excluding hydrogens is 388 g/mol. The van der Waals surface area contributed by atoms with Crippen molar-refractivity contribution in [3.8, 4) is 21.8 Å². The van der Waals surface area contributed by atoms with Crippen LogP contribution in [0.4, 0.5) is 5.69 Å². The summed E-state index contributed by atoms with van der Waals surface area (Å²) < 4.78 is 1.92. The van der Waals surface area contributed by atoms with Crippen LogP contribution in [-0.2, 0) is 11.8 Å². The van der Waals surface area contributed by atoms with Gasteiger partial charge in [0.1, 0.15) is 0 Å². The lowest BCUT2D eigenvalue weighted by molar-refractivity contribution is -0.113. The van der Waals surface area contributed by atoms with Crippen molar-refractivity contribution in [2.45, 2.75) is 5.16 Å². The van der Waals surface area contributed by atoms with Crippen LogP contribution in [-0.4, -0.2) is 26.4 Å². The summed E-state index contributed by atoms with van der Waals surface area (Å²) in [5.41, 5.74) is 3.05. The van der Waals surface area contributed by atoms with E-state index in [1.165, 1.54) is 11.8 Å². The third-order valence-electron chi connectivity index (χ3n) is 4.18. The highest BCUT2D eigenvalue weighted by molar-refractivity contribution is 7.99. The van der Waals surface area contributed by atoms with Gasteiger partial charge < -0.3 is 9.88 Å². The first-order chi connectivity index (χ1) is 13.7. The standard InChI is InChI=1S/C21H18N4OS2/c1-25-20(18-8-5-13-27-18)23-24-21(25)28-14-19(26)22-17-11-9-16(10-12-17)15-6-3-2-4-7-15/h2-13H,14H2,1H3,(H,22,26). The number of hydrogen-bond acceptors (Lipinski definition) is 5. The summed E-state index contributed by atoms with van der Waals surface area (Å²) >= 11 is 2.99. The molecule has 0 aliphatic heterocycles. The SMILES string of the molecule is Cn1c(SCC(=O)Nc2ccc(-c3ccccc3)cc2)nnc1-c1cccs1. The van der Waals surface area contributed by atoms with Gasteiger partial charge in [-0.15, -0.1) is 21.5 Å². The Morgan fingerprint density at radius 2 is 1.75 bits per heavy atom. The summed E-state index contributed by atoms with van der Waals surface area (Å²) in [6, 6.07) is 22.0. The molecule has 0 aliphatic rings. The lowest BCUT2D eigenvalue weighted by Crippen LogP contribution is -2.14. The molecule has 0 fully saturated rings. The van der Waals surface area contributed by atoms with Crippen LogP contribution >= 0.6 is 23.1 Å². The fourth-order valence-corrected chi connectivity index (χ4v) is 4.22. The van der Waals surface area contributed by atoms with Gasteiger partial charge in [0.05, 0.1) is 10.6 Å². The predicted molar refractivity (Wildman–Crippen MR) is 116 cm³/mol. The Kier molecular flexibility index (Phi) is 5.55. The number of carbonyl (C=O) groups is 1. The fraction of sp³-hybridized carbons (Fsp3) is 0.0952. The molecule has 5 nitrogen and oxygen atoms in total. The minimum Gasteiger partial charge on any atom is -0.325 e. The van der Waals surface area contributed by atoms with Crippen LogP contribution in [0.5, 0.6) is 0 Å². The largest absolute Gasteiger partial charge is 0.325 e. The monoisotopic (exact) mass is 406 g/mol. The van der Waals surface area contributed by atoms with Crippen LogP contribution in [0.3, 0.4) is 0 Å². The molecule has 4 rings (SSSR count). The number of amides is 1. The Morgan fingerprint density at radius 3 is 2.46 bits per heavy atom. The van der Waals surface area contributed by atoms with Gasteiger partial charge in [0, 0.05) is 12.7 Å². The molecule has 2 aromatic heterocycles. The molecule has 7 heteroatoms. The highest BCUT2D eigenvalue weighted by Crippen LogP contribution is 2.26. The summed E-state index contributed by atoms with van der Waals surface area (Å²) in [5.74, 6) is 1.02. The molecule has 4 aromatic rings. The number of aromatic nitrogens is 3. The van der Waals surface area contributed by atoms with E-state index < -0.39 is 0 Å². The first-order valence-electron chi connectivity index (χ1n) is 8.72. The van der Waals surface area contributed by atoms with Gasteiger partial charge in [-0.1, -0.05) is 60.3 Å². The van der Waals surface area contributed by atoms with Gasteiger partial charge in [-0.2, -0.15) is 0 Å². The molecule has 1 amide bonds. The average molecular weight is 407 g/mol. The number of hydrogen-bond donors (Lipinski definition) is 1. The number of rotatable bonds is 6. The maximum atomic E-state index is 12.3. The molecule has 0 atom stereocenters. The maximum Gasteiger partial charge on any atom is 0.234 e. The molecule has 0 saturated carbocycles. The van der Waals surface area contributed by atoms with Crippen molar-refractivity contribution in [3.63, 3.8) is 0 Å². The van der Waals surface area contributed by atoms with Crippen molar-refractivity contribution >= 4 is 34.7 Å². The summed E-state index contributed by atoms with van der Waals surface area (Å²) in [7, 11) is 1.91. The van der Waals surface area contributed by atoms with E-state index in [2.05, 4.69) is 27.6 Å². The van der Waals surface area contributed by atoms with Crippen LogP contribution < -0.4 is 5.32 Å². The van der Waals surface area contributed by atoms with E-state index in [0.717, 1.165) is 32.7 Å². The quantitative estimate of drug-likeness (QED) is 0.461. The van der Waals surface area contributed by atoms with E-state index in [9.17, 15) is 4.79 Å². The van der Waals surface area contributed by atoms with Crippen LogP contribution in [0.1, 0.15) is 0 Å². The topological polar surface area (TPSA) is 59.8 Å². The number of thiophene rings is 1. The second kappa shape index (κ2) is 8.41. The first kappa shape index (κ1) is 18.5.